The highest BCUT2D eigenvalue weighted by atomic mass is 14.7. The summed E-state index contributed by atoms with van der Waals surface area (Å²) >= 11 is 0. The third-order valence-corrected chi connectivity index (χ3v) is 4.21. The normalized spacial score (nSPS) is 26.8. The van der Waals surface area contributed by atoms with Gasteiger partial charge in [0.05, 0.1) is 0 Å². The molecule has 1 fully saturated rings. The van der Waals surface area contributed by atoms with Crippen molar-refractivity contribution in [3.8, 4) is 0 Å². The van der Waals surface area contributed by atoms with Crippen molar-refractivity contribution in [3.63, 3.8) is 0 Å². The summed E-state index contributed by atoms with van der Waals surface area (Å²) in [6, 6.07) is 4.42. The summed E-state index contributed by atoms with van der Waals surface area (Å²) in [5, 5.41) is 0. The van der Waals surface area contributed by atoms with Crippen LogP contribution in [0.4, 0.5) is 0 Å². The summed E-state index contributed by atoms with van der Waals surface area (Å²) in [4.78, 5) is 4.24. The van der Waals surface area contributed by atoms with E-state index in [4.69, 9.17) is 5.73 Å². The Hall–Kier alpha value is -0.890. The van der Waals surface area contributed by atoms with Gasteiger partial charge in [-0.3, -0.25) is 4.98 Å². The molecule has 1 aromatic heterocycles. The molecule has 2 rings (SSSR count). The maximum Gasteiger partial charge on any atom is 0.0375 e. The zero-order valence-electron chi connectivity index (χ0n) is 11.0. The van der Waals surface area contributed by atoms with Gasteiger partial charge in [0.25, 0.3) is 0 Å². The van der Waals surface area contributed by atoms with Gasteiger partial charge in [-0.2, -0.15) is 0 Å². The van der Waals surface area contributed by atoms with Gasteiger partial charge in [-0.25, -0.2) is 0 Å². The molecule has 0 saturated heterocycles. The molecule has 94 valence electrons. The van der Waals surface area contributed by atoms with Crippen molar-refractivity contribution in [2.75, 3.05) is 0 Å². The number of pyridine rings is 1. The van der Waals surface area contributed by atoms with Crippen molar-refractivity contribution in [2.24, 2.45) is 17.6 Å². The highest BCUT2D eigenvalue weighted by Gasteiger charge is 2.26. The summed E-state index contributed by atoms with van der Waals surface area (Å²) < 4.78 is 0. The number of rotatable bonds is 3. The smallest absolute Gasteiger partial charge is 0.0375 e. The van der Waals surface area contributed by atoms with Gasteiger partial charge in [-0.1, -0.05) is 26.2 Å². The largest absolute Gasteiger partial charge is 0.324 e. The highest BCUT2D eigenvalue weighted by Crippen LogP contribution is 2.37. The van der Waals surface area contributed by atoms with Crippen LogP contribution in [-0.4, -0.2) is 4.98 Å². The van der Waals surface area contributed by atoms with E-state index in [1.807, 2.05) is 13.1 Å². The van der Waals surface area contributed by atoms with Gasteiger partial charge in [-0.05, 0) is 49.3 Å². The lowest BCUT2D eigenvalue weighted by Gasteiger charge is -2.32. The minimum atomic E-state index is 0.200. The molecule has 0 bridgehead atoms. The predicted molar refractivity (Wildman–Crippen MR) is 71.6 cm³/mol. The number of nitrogens with zero attached hydrogens (tertiary/aromatic N) is 1. The number of aromatic nitrogens is 1. The summed E-state index contributed by atoms with van der Waals surface area (Å²) in [6.45, 7) is 4.33. The molecule has 0 aliphatic heterocycles. The average molecular weight is 232 g/mol. The Balaban J connectivity index is 2.06. The molecule has 1 aromatic rings. The molecule has 0 amide bonds. The van der Waals surface area contributed by atoms with E-state index in [0.717, 1.165) is 11.6 Å². The average Bonchev–Trinajstić information content (AvgIpc) is 2.38. The van der Waals surface area contributed by atoms with E-state index in [-0.39, 0.29) is 6.04 Å². The Labute approximate surface area is 105 Å². The van der Waals surface area contributed by atoms with Gasteiger partial charge in [0.1, 0.15) is 0 Å². The first kappa shape index (κ1) is 12.6. The first-order chi connectivity index (χ1) is 8.20. The molecule has 0 radical (unpaired) electrons. The fourth-order valence-electron chi connectivity index (χ4n) is 3.08. The monoisotopic (exact) mass is 232 g/mol. The summed E-state index contributed by atoms with van der Waals surface area (Å²) in [7, 11) is 0. The van der Waals surface area contributed by atoms with Crippen LogP contribution < -0.4 is 5.73 Å². The Kier molecular flexibility index (Phi) is 4.16. The second kappa shape index (κ2) is 5.63. The van der Waals surface area contributed by atoms with Crippen molar-refractivity contribution in [3.05, 3.63) is 29.6 Å². The molecule has 2 heteroatoms. The predicted octanol–water partition coefficient (Wildman–Crippen LogP) is 3.61. The topological polar surface area (TPSA) is 38.9 Å². The second-order valence-corrected chi connectivity index (χ2v) is 5.46. The third kappa shape index (κ3) is 3.06. The van der Waals surface area contributed by atoms with Crippen molar-refractivity contribution in [1.29, 1.82) is 0 Å². The van der Waals surface area contributed by atoms with Crippen molar-refractivity contribution in [2.45, 2.75) is 52.0 Å². The zero-order chi connectivity index (χ0) is 12.3. The van der Waals surface area contributed by atoms with E-state index in [1.54, 1.807) is 0 Å². The van der Waals surface area contributed by atoms with Gasteiger partial charge in [0, 0.05) is 17.9 Å². The molecular formula is C15H24N2. The van der Waals surface area contributed by atoms with Crippen LogP contribution in [0.3, 0.4) is 0 Å². The fraction of sp³-hybridized carbons (Fsp3) is 0.667. The van der Waals surface area contributed by atoms with Gasteiger partial charge >= 0.3 is 0 Å². The van der Waals surface area contributed by atoms with Crippen LogP contribution in [0.1, 0.15) is 56.3 Å². The van der Waals surface area contributed by atoms with E-state index in [9.17, 15) is 0 Å². The summed E-state index contributed by atoms with van der Waals surface area (Å²) in [5.41, 5.74) is 8.76. The quantitative estimate of drug-likeness (QED) is 0.864. The Morgan fingerprint density at radius 2 is 2.29 bits per heavy atom. The van der Waals surface area contributed by atoms with Gasteiger partial charge < -0.3 is 5.73 Å². The first-order valence-electron chi connectivity index (χ1n) is 6.88. The number of hydrogen-bond donors (Lipinski definition) is 1. The first-order valence-corrected chi connectivity index (χ1v) is 6.88. The molecule has 2 N–H and O–H groups in total. The van der Waals surface area contributed by atoms with E-state index in [2.05, 4.69) is 24.0 Å². The molecular weight excluding hydrogens is 208 g/mol. The minimum Gasteiger partial charge on any atom is -0.324 e. The summed E-state index contributed by atoms with van der Waals surface area (Å²) in [5.74, 6) is 1.55. The molecule has 1 aliphatic carbocycles. The van der Waals surface area contributed by atoms with E-state index < -0.39 is 0 Å². The standard InChI is InChI=1S/C15H24N2/c1-3-12-5-4-6-13(10-12)15(16)14-7-8-17-11(2)9-14/h7-9,12-13,15H,3-6,10,16H2,1-2H3. The molecule has 0 aromatic carbocycles. The second-order valence-electron chi connectivity index (χ2n) is 5.46. The van der Waals surface area contributed by atoms with Crippen LogP contribution in [0.2, 0.25) is 0 Å². The number of aryl methyl sites for hydroxylation is 1. The lowest BCUT2D eigenvalue weighted by Crippen LogP contribution is -2.26. The van der Waals surface area contributed by atoms with Crippen LogP contribution in [0.25, 0.3) is 0 Å². The van der Waals surface area contributed by atoms with Crippen LogP contribution in [-0.2, 0) is 0 Å². The van der Waals surface area contributed by atoms with Gasteiger partial charge in [-0.15, -0.1) is 0 Å². The maximum atomic E-state index is 6.43. The molecule has 1 saturated carbocycles. The van der Waals surface area contributed by atoms with Crippen LogP contribution in [0.15, 0.2) is 18.3 Å². The number of nitrogens with two attached hydrogens (primary N) is 1. The van der Waals surface area contributed by atoms with E-state index in [0.29, 0.717) is 5.92 Å². The van der Waals surface area contributed by atoms with Crippen molar-refractivity contribution >= 4 is 0 Å². The van der Waals surface area contributed by atoms with E-state index in [1.165, 1.54) is 37.7 Å². The van der Waals surface area contributed by atoms with Crippen LogP contribution in [0.5, 0.6) is 0 Å². The van der Waals surface area contributed by atoms with Gasteiger partial charge in [0.2, 0.25) is 0 Å². The zero-order valence-corrected chi connectivity index (χ0v) is 11.0. The van der Waals surface area contributed by atoms with Crippen LogP contribution in [0, 0.1) is 18.8 Å². The van der Waals surface area contributed by atoms with Gasteiger partial charge in [0.15, 0.2) is 0 Å². The highest BCUT2D eigenvalue weighted by molar-refractivity contribution is 5.20. The molecule has 0 spiro atoms. The lowest BCUT2D eigenvalue weighted by atomic mass is 9.75. The van der Waals surface area contributed by atoms with Crippen LogP contribution >= 0.6 is 0 Å². The SMILES string of the molecule is CCC1CCCC(C(N)c2ccnc(C)c2)C1. The fourth-order valence-corrected chi connectivity index (χ4v) is 3.08. The maximum absolute atomic E-state index is 6.43. The molecule has 17 heavy (non-hydrogen) atoms. The molecule has 1 aliphatic rings. The molecule has 1 heterocycles. The molecule has 3 unspecified atom stereocenters. The Bertz CT molecular complexity index is 362. The Morgan fingerprint density at radius 1 is 1.47 bits per heavy atom. The van der Waals surface area contributed by atoms with E-state index >= 15 is 0 Å². The lowest BCUT2D eigenvalue weighted by molar-refractivity contribution is 0.230. The van der Waals surface area contributed by atoms with Crippen molar-refractivity contribution < 1.29 is 0 Å². The minimum absolute atomic E-state index is 0.200. The Morgan fingerprint density at radius 3 is 3.00 bits per heavy atom. The summed E-state index contributed by atoms with van der Waals surface area (Å²) in [6.07, 6.45) is 8.53. The molecule has 3 atom stereocenters. The molecule has 2 nitrogen and oxygen atoms in total. The van der Waals surface area contributed by atoms with Crippen molar-refractivity contribution in [1.82, 2.24) is 4.98 Å². The number of hydrogen-bond acceptors (Lipinski definition) is 2. The third-order valence-electron chi connectivity index (χ3n) is 4.21.